The van der Waals surface area contributed by atoms with E-state index in [9.17, 15) is 9.90 Å². The summed E-state index contributed by atoms with van der Waals surface area (Å²) < 4.78 is 10.5. The van der Waals surface area contributed by atoms with Crippen molar-refractivity contribution in [2.24, 2.45) is 16.7 Å². The van der Waals surface area contributed by atoms with Crippen LogP contribution in [0.15, 0.2) is 0 Å². The van der Waals surface area contributed by atoms with Gasteiger partial charge < -0.3 is 14.6 Å². The average Bonchev–Trinajstić information content (AvgIpc) is 2.61. The summed E-state index contributed by atoms with van der Waals surface area (Å²) in [5.41, 5.74) is -0.497. The van der Waals surface area contributed by atoms with Gasteiger partial charge in [-0.25, -0.2) is 0 Å². The van der Waals surface area contributed by atoms with Crippen LogP contribution in [-0.2, 0) is 14.3 Å². The van der Waals surface area contributed by atoms with Crippen LogP contribution in [0.1, 0.15) is 54.4 Å². The first-order chi connectivity index (χ1) is 8.56. The third kappa shape index (κ3) is 4.18. The van der Waals surface area contributed by atoms with Crippen LogP contribution < -0.4 is 0 Å². The standard InChI is InChI=1S/C15H28O4/c1-10(2)15(6,9-14(3,4)5)13(17)19-11-7-8-18-12(11)16/h10-12,16H,7-9H2,1-6H3. The summed E-state index contributed by atoms with van der Waals surface area (Å²) >= 11 is 0. The number of ether oxygens (including phenoxy) is 2. The van der Waals surface area contributed by atoms with E-state index in [1.807, 2.05) is 20.8 Å². The lowest BCUT2D eigenvalue weighted by molar-refractivity contribution is -0.180. The van der Waals surface area contributed by atoms with Gasteiger partial charge in [0.1, 0.15) is 0 Å². The highest BCUT2D eigenvalue weighted by Gasteiger charge is 2.43. The van der Waals surface area contributed by atoms with Crippen LogP contribution in [0.25, 0.3) is 0 Å². The Morgan fingerprint density at radius 1 is 1.37 bits per heavy atom. The second kappa shape index (κ2) is 5.80. The lowest BCUT2D eigenvalue weighted by atomic mass is 9.69. The molecule has 1 heterocycles. The fourth-order valence-corrected chi connectivity index (χ4v) is 2.56. The molecule has 0 aliphatic carbocycles. The van der Waals surface area contributed by atoms with Gasteiger partial charge in [0, 0.05) is 6.42 Å². The van der Waals surface area contributed by atoms with Crippen LogP contribution in [0.5, 0.6) is 0 Å². The Kier molecular flexibility index (Phi) is 5.02. The van der Waals surface area contributed by atoms with E-state index in [-0.39, 0.29) is 17.3 Å². The molecule has 0 radical (unpaired) electrons. The molecule has 1 aliphatic heterocycles. The van der Waals surface area contributed by atoms with Gasteiger partial charge in [-0.2, -0.15) is 0 Å². The maximum atomic E-state index is 12.5. The zero-order valence-corrected chi connectivity index (χ0v) is 13.0. The summed E-state index contributed by atoms with van der Waals surface area (Å²) in [6.07, 6.45) is -0.183. The molecule has 0 aromatic rings. The van der Waals surface area contributed by atoms with Crippen LogP contribution in [-0.4, -0.2) is 30.1 Å². The van der Waals surface area contributed by atoms with E-state index in [0.29, 0.717) is 13.0 Å². The molecular formula is C15H28O4. The van der Waals surface area contributed by atoms with Crippen molar-refractivity contribution in [3.63, 3.8) is 0 Å². The molecule has 1 saturated heterocycles. The summed E-state index contributed by atoms with van der Waals surface area (Å²) in [6, 6.07) is 0. The van der Waals surface area contributed by atoms with Crippen molar-refractivity contribution in [3.05, 3.63) is 0 Å². The number of carbonyl (C=O) groups excluding carboxylic acids is 1. The first-order valence-electron chi connectivity index (χ1n) is 7.07. The predicted octanol–water partition coefficient (Wildman–Crippen LogP) is 2.74. The SMILES string of the molecule is CC(C)C(C)(CC(C)(C)C)C(=O)OC1CCOC1O. The molecule has 1 rings (SSSR count). The van der Waals surface area contributed by atoms with Gasteiger partial charge in [0.2, 0.25) is 0 Å². The van der Waals surface area contributed by atoms with Gasteiger partial charge in [-0.1, -0.05) is 34.6 Å². The number of hydrogen-bond acceptors (Lipinski definition) is 4. The van der Waals surface area contributed by atoms with E-state index >= 15 is 0 Å². The smallest absolute Gasteiger partial charge is 0.312 e. The Hall–Kier alpha value is -0.610. The zero-order chi connectivity index (χ0) is 14.8. The molecule has 1 aliphatic rings. The maximum Gasteiger partial charge on any atom is 0.312 e. The molecule has 112 valence electrons. The number of esters is 1. The molecule has 1 fully saturated rings. The van der Waals surface area contributed by atoms with Crippen molar-refractivity contribution in [1.82, 2.24) is 0 Å². The van der Waals surface area contributed by atoms with Crippen molar-refractivity contribution >= 4 is 5.97 Å². The maximum absolute atomic E-state index is 12.5. The summed E-state index contributed by atoms with van der Waals surface area (Å²) in [6.45, 7) is 12.8. The zero-order valence-electron chi connectivity index (χ0n) is 13.0. The van der Waals surface area contributed by atoms with E-state index in [0.717, 1.165) is 6.42 Å². The molecule has 0 amide bonds. The predicted molar refractivity (Wildman–Crippen MR) is 73.5 cm³/mol. The van der Waals surface area contributed by atoms with Crippen molar-refractivity contribution in [3.8, 4) is 0 Å². The van der Waals surface area contributed by atoms with E-state index in [1.54, 1.807) is 0 Å². The average molecular weight is 272 g/mol. The molecule has 19 heavy (non-hydrogen) atoms. The van der Waals surface area contributed by atoms with Crippen LogP contribution in [0.4, 0.5) is 0 Å². The molecule has 1 N–H and O–H groups in total. The topological polar surface area (TPSA) is 55.8 Å². The van der Waals surface area contributed by atoms with E-state index < -0.39 is 17.8 Å². The Morgan fingerprint density at radius 3 is 2.32 bits per heavy atom. The highest BCUT2D eigenvalue weighted by molar-refractivity contribution is 5.77. The first kappa shape index (κ1) is 16.4. The van der Waals surface area contributed by atoms with Crippen molar-refractivity contribution < 1.29 is 19.4 Å². The van der Waals surface area contributed by atoms with Crippen molar-refractivity contribution in [1.29, 1.82) is 0 Å². The summed E-state index contributed by atoms with van der Waals surface area (Å²) in [5, 5.41) is 9.58. The molecule has 0 saturated carbocycles. The van der Waals surface area contributed by atoms with Gasteiger partial charge >= 0.3 is 5.97 Å². The third-order valence-corrected chi connectivity index (χ3v) is 3.91. The van der Waals surface area contributed by atoms with Crippen LogP contribution in [0, 0.1) is 16.7 Å². The van der Waals surface area contributed by atoms with Gasteiger partial charge in [0.15, 0.2) is 12.4 Å². The molecule has 3 unspecified atom stereocenters. The van der Waals surface area contributed by atoms with Gasteiger partial charge in [-0.15, -0.1) is 0 Å². The summed E-state index contributed by atoms with van der Waals surface area (Å²) in [7, 11) is 0. The Balaban J connectivity index is 2.78. The molecule has 0 bridgehead atoms. The van der Waals surface area contributed by atoms with E-state index in [2.05, 4.69) is 20.8 Å². The lowest BCUT2D eigenvalue weighted by Crippen LogP contribution is -2.41. The quantitative estimate of drug-likeness (QED) is 0.799. The van der Waals surface area contributed by atoms with Crippen LogP contribution in [0.3, 0.4) is 0 Å². The fraction of sp³-hybridized carbons (Fsp3) is 0.933. The second-order valence-electron chi connectivity index (χ2n) is 7.30. The normalized spacial score (nSPS) is 27.4. The lowest BCUT2D eigenvalue weighted by Gasteiger charge is -2.37. The van der Waals surface area contributed by atoms with Gasteiger partial charge in [-0.05, 0) is 24.7 Å². The molecular weight excluding hydrogens is 244 g/mol. The third-order valence-electron chi connectivity index (χ3n) is 3.91. The highest BCUT2D eigenvalue weighted by Crippen LogP contribution is 2.41. The summed E-state index contributed by atoms with van der Waals surface area (Å²) in [5.74, 6) is -0.0503. The Bertz CT molecular complexity index is 319. The molecule has 0 aromatic heterocycles. The number of rotatable bonds is 4. The molecule has 4 heteroatoms. The Labute approximate surface area is 116 Å². The Morgan fingerprint density at radius 2 is 1.95 bits per heavy atom. The number of hydrogen-bond donors (Lipinski definition) is 1. The van der Waals surface area contributed by atoms with E-state index in [1.165, 1.54) is 0 Å². The highest BCUT2D eigenvalue weighted by atomic mass is 16.7. The first-order valence-corrected chi connectivity index (χ1v) is 7.07. The summed E-state index contributed by atoms with van der Waals surface area (Å²) in [4.78, 5) is 12.5. The monoisotopic (exact) mass is 272 g/mol. The van der Waals surface area contributed by atoms with Crippen molar-refractivity contribution in [2.45, 2.75) is 66.8 Å². The van der Waals surface area contributed by atoms with Crippen LogP contribution in [0.2, 0.25) is 0 Å². The molecule has 0 aromatic carbocycles. The number of carbonyl (C=O) groups is 1. The minimum atomic E-state index is -0.977. The van der Waals surface area contributed by atoms with Gasteiger partial charge in [0.25, 0.3) is 0 Å². The van der Waals surface area contributed by atoms with Crippen LogP contribution >= 0.6 is 0 Å². The minimum Gasteiger partial charge on any atom is -0.456 e. The van der Waals surface area contributed by atoms with Crippen molar-refractivity contribution in [2.75, 3.05) is 6.61 Å². The molecule has 3 atom stereocenters. The number of aliphatic hydroxyl groups excluding tert-OH is 1. The van der Waals surface area contributed by atoms with Gasteiger partial charge in [0.05, 0.1) is 12.0 Å². The fourth-order valence-electron chi connectivity index (χ4n) is 2.56. The van der Waals surface area contributed by atoms with E-state index in [4.69, 9.17) is 9.47 Å². The molecule has 0 spiro atoms. The molecule has 4 nitrogen and oxygen atoms in total. The van der Waals surface area contributed by atoms with Gasteiger partial charge in [-0.3, -0.25) is 4.79 Å². The minimum absolute atomic E-state index is 0.0445. The number of aliphatic hydroxyl groups is 1. The largest absolute Gasteiger partial charge is 0.456 e. The second-order valence-corrected chi connectivity index (χ2v) is 7.30.